The number of rotatable bonds is 9. The minimum atomic E-state index is -0.0711. The van der Waals surface area contributed by atoms with Crippen LogP contribution in [-0.4, -0.2) is 63.2 Å². The molecule has 2 aromatic rings. The van der Waals surface area contributed by atoms with E-state index in [1.165, 1.54) is 24.0 Å². The van der Waals surface area contributed by atoms with Gasteiger partial charge in [-0.25, -0.2) is 4.79 Å². The molecule has 2 aromatic carbocycles. The van der Waals surface area contributed by atoms with Crippen molar-refractivity contribution in [1.29, 1.82) is 0 Å². The van der Waals surface area contributed by atoms with Gasteiger partial charge in [0.2, 0.25) is 0 Å². The highest BCUT2D eigenvalue weighted by atomic mass is 16.2. The summed E-state index contributed by atoms with van der Waals surface area (Å²) < 4.78 is 0. The third-order valence-electron chi connectivity index (χ3n) is 7.92. The van der Waals surface area contributed by atoms with Gasteiger partial charge in [-0.2, -0.15) is 0 Å². The normalized spacial score (nSPS) is 17.7. The minimum absolute atomic E-state index is 0.0711. The summed E-state index contributed by atoms with van der Waals surface area (Å²) in [6, 6.07) is 14.3. The summed E-state index contributed by atoms with van der Waals surface area (Å²) in [6.07, 6.45) is 6.72. The van der Waals surface area contributed by atoms with E-state index in [2.05, 4.69) is 28.1 Å². The lowest BCUT2D eigenvalue weighted by atomic mass is 9.82. The molecule has 3 amide bonds. The molecule has 1 fully saturated rings. The first-order valence-electron chi connectivity index (χ1n) is 14.2. The number of aryl methyl sites for hydroxylation is 1. The van der Waals surface area contributed by atoms with Crippen LogP contribution in [-0.2, 0) is 12.8 Å². The molecular formula is C31H45N5O2. The first-order chi connectivity index (χ1) is 18.3. The Morgan fingerprint density at radius 1 is 0.974 bits per heavy atom. The van der Waals surface area contributed by atoms with Crippen molar-refractivity contribution in [2.45, 2.75) is 58.4 Å². The number of nitrogens with one attached hydrogen (secondary N) is 3. The molecule has 4 rings (SSSR count). The monoisotopic (exact) mass is 519 g/mol. The van der Waals surface area contributed by atoms with Gasteiger partial charge in [0, 0.05) is 50.2 Å². The van der Waals surface area contributed by atoms with Crippen molar-refractivity contribution < 1.29 is 9.59 Å². The van der Waals surface area contributed by atoms with E-state index in [0.29, 0.717) is 17.4 Å². The predicted molar refractivity (Wildman–Crippen MR) is 156 cm³/mol. The Hall–Kier alpha value is -3.06. The molecule has 7 heteroatoms. The fourth-order valence-corrected chi connectivity index (χ4v) is 5.56. The highest BCUT2D eigenvalue weighted by molar-refractivity contribution is 6.04. The number of benzene rings is 2. The molecule has 1 saturated heterocycles. The van der Waals surface area contributed by atoms with Gasteiger partial charge >= 0.3 is 6.03 Å². The second-order valence-corrected chi connectivity index (χ2v) is 11.5. The van der Waals surface area contributed by atoms with E-state index in [4.69, 9.17) is 0 Å². The lowest BCUT2D eigenvalue weighted by Crippen LogP contribution is -2.47. The van der Waals surface area contributed by atoms with Crippen molar-refractivity contribution in [1.82, 2.24) is 15.5 Å². The third-order valence-corrected chi connectivity index (χ3v) is 7.92. The molecule has 1 unspecified atom stereocenters. The van der Waals surface area contributed by atoms with Gasteiger partial charge < -0.3 is 25.8 Å². The molecule has 1 atom stereocenters. The van der Waals surface area contributed by atoms with Gasteiger partial charge in [0.05, 0.1) is 0 Å². The van der Waals surface area contributed by atoms with E-state index in [9.17, 15) is 9.59 Å². The summed E-state index contributed by atoms with van der Waals surface area (Å²) in [4.78, 5) is 28.9. The third kappa shape index (κ3) is 7.73. The quantitative estimate of drug-likeness (QED) is 0.411. The Bertz CT molecular complexity index is 1070. The second-order valence-electron chi connectivity index (χ2n) is 11.5. The lowest BCUT2D eigenvalue weighted by molar-refractivity contribution is 0.102. The molecule has 2 aliphatic rings. The number of anilines is 2. The summed E-state index contributed by atoms with van der Waals surface area (Å²) >= 11 is 0. The average Bonchev–Trinajstić information content (AvgIpc) is 2.91. The maximum atomic E-state index is 12.8. The molecule has 0 radical (unpaired) electrons. The van der Waals surface area contributed by atoms with E-state index in [0.717, 1.165) is 63.2 Å². The minimum Gasteiger partial charge on any atom is -0.378 e. The Labute approximate surface area is 228 Å². The number of nitrogens with zero attached hydrogens (tertiary/aromatic N) is 2. The lowest BCUT2D eigenvalue weighted by Gasteiger charge is -2.33. The van der Waals surface area contributed by atoms with Crippen LogP contribution in [0.5, 0.6) is 0 Å². The fraction of sp³-hybridized carbons (Fsp3) is 0.548. The Balaban J connectivity index is 1.19. The van der Waals surface area contributed by atoms with Crippen LogP contribution in [0.4, 0.5) is 16.2 Å². The number of likely N-dealkylation sites (tertiary alicyclic amines) is 1. The molecule has 3 N–H and O–H groups in total. The molecule has 0 spiro atoms. The number of carbonyl (C=O) groups is 2. The summed E-state index contributed by atoms with van der Waals surface area (Å²) in [5.74, 6) is 1.25. The zero-order chi connectivity index (χ0) is 27.1. The van der Waals surface area contributed by atoms with E-state index in [1.807, 2.05) is 68.1 Å². The second kappa shape index (κ2) is 13.1. The predicted octanol–water partition coefficient (Wildman–Crippen LogP) is 4.92. The standard InChI is InChI=1S/C31H45N5O2/c1-22(2)33-31(38)36-17-14-24(15-18-36)21-32-16-13-23-5-6-25-7-10-28(20-27(25)19-23)34-30(37)26-8-11-29(12-9-26)35(3)4/h7-12,20,22-24,32H,5-6,13-19,21H2,1-4H3,(H,33,38)(H,34,37). The summed E-state index contributed by atoms with van der Waals surface area (Å²) in [7, 11) is 3.99. The molecule has 0 saturated carbocycles. The van der Waals surface area contributed by atoms with Crippen LogP contribution in [0.1, 0.15) is 61.0 Å². The van der Waals surface area contributed by atoms with E-state index in [1.54, 1.807) is 0 Å². The number of carbonyl (C=O) groups excluding carboxylic acids is 2. The molecular weight excluding hydrogens is 474 g/mol. The van der Waals surface area contributed by atoms with Crippen molar-refractivity contribution in [2.75, 3.05) is 50.5 Å². The van der Waals surface area contributed by atoms with Crippen LogP contribution >= 0.6 is 0 Å². The average molecular weight is 520 g/mol. The molecule has 206 valence electrons. The van der Waals surface area contributed by atoms with Gasteiger partial charge in [0.25, 0.3) is 5.91 Å². The zero-order valence-corrected chi connectivity index (χ0v) is 23.6. The van der Waals surface area contributed by atoms with E-state index in [-0.39, 0.29) is 18.0 Å². The number of hydrogen-bond acceptors (Lipinski definition) is 4. The van der Waals surface area contributed by atoms with Crippen LogP contribution in [0, 0.1) is 11.8 Å². The number of hydrogen-bond donors (Lipinski definition) is 3. The summed E-state index contributed by atoms with van der Waals surface area (Å²) in [6.45, 7) is 7.78. The van der Waals surface area contributed by atoms with Gasteiger partial charge in [-0.3, -0.25) is 4.79 Å². The molecule has 1 heterocycles. The molecule has 7 nitrogen and oxygen atoms in total. The van der Waals surface area contributed by atoms with Gasteiger partial charge in [-0.15, -0.1) is 0 Å². The maximum absolute atomic E-state index is 12.8. The van der Waals surface area contributed by atoms with Crippen LogP contribution in [0.25, 0.3) is 0 Å². The van der Waals surface area contributed by atoms with Crippen LogP contribution in [0.2, 0.25) is 0 Å². The van der Waals surface area contributed by atoms with Crippen molar-refractivity contribution in [3.63, 3.8) is 0 Å². The van der Waals surface area contributed by atoms with Crippen LogP contribution in [0.15, 0.2) is 42.5 Å². The van der Waals surface area contributed by atoms with Crippen LogP contribution in [0.3, 0.4) is 0 Å². The molecule has 1 aliphatic heterocycles. The first kappa shape index (κ1) is 28.0. The highest BCUT2D eigenvalue weighted by Crippen LogP contribution is 2.30. The number of piperidine rings is 1. The number of amides is 3. The Morgan fingerprint density at radius 2 is 1.71 bits per heavy atom. The SMILES string of the molecule is CC(C)NC(=O)N1CCC(CNCCC2CCc3ccc(NC(=O)c4ccc(N(C)C)cc4)cc3C2)CC1. The molecule has 1 aliphatic carbocycles. The maximum Gasteiger partial charge on any atom is 0.317 e. The van der Waals surface area contributed by atoms with Crippen molar-refractivity contribution >= 4 is 23.3 Å². The van der Waals surface area contributed by atoms with Gasteiger partial charge in [-0.05, 0) is 125 Å². The first-order valence-corrected chi connectivity index (χ1v) is 14.2. The van der Waals surface area contributed by atoms with Crippen molar-refractivity contribution in [3.05, 3.63) is 59.2 Å². The topological polar surface area (TPSA) is 76.7 Å². The smallest absolute Gasteiger partial charge is 0.317 e. The Morgan fingerprint density at radius 3 is 2.39 bits per heavy atom. The Kier molecular flexibility index (Phi) is 9.67. The summed E-state index contributed by atoms with van der Waals surface area (Å²) in [5, 5.41) is 9.77. The highest BCUT2D eigenvalue weighted by Gasteiger charge is 2.23. The van der Waals surface area contributed by atoms with Gasteiger partial charge in [0.1, 0.15) is 0 Å². The number of fused-ring (bicyclic) bond motifs is 1. The van der Waals surface area contributed by atoms with Gasteiger partial charge in [0.15, 0.2) is 0 Å². The van der Waals surface area contributed by atoms with Crippen molar-refractivity contribution in [2.24, 2.45) is 11.8 Å². The molecule has 0 aromatic heterocycles. The zero-order valence-electron chi connectivity index (χ0n) is 23.6. The van der Waals surface area contributed by atoms with E-state index >= 15 is 0 Å². The molecule has 0 bridgehead atoms. The largest absolute Gasteiger partial charge is 0.378 e. The fourth-order valence-electron chi connectivity index (χ4n) is 5.56. The van der Waals surface area contributed by atoms with Crippen molar-refractivity contribution in [3.8, 4) is 0 Å². The van der Waals surface area contributed by atoms with Crippen LogP contribution < -0.4 is 20.9 Å². The van der Waals surface area contributed by atoms with E-state index < -0.39 is 0 Å². The van der Waals surface area contributed by atoms with Gasteiger partial charge in [-0.1, -0.05) is 6.07 Å². The molecule has 38 heavy (non-hydrogen) atoms. The summed E-state index contributed by atoms with van der Waals surface area (Å²) in [5.41, 5.74) is 5.40. The number of urea groups is 1.